The van der Waals surface area contributed by atoms with Crippen molar-refractivity contribution < 1.29 is 4.79 Å². The third-order valence-electron chi connectivity index (χ3n) is 6.53. The molecule has 3 heterocycles. The molecule has 3 aliphatic rings. The van der Waals surface area contributed by atoms with E-state index in [1.54, 1.807) is 0 Å². The lowest BCUT2D eigenvalue weighted by atomic mass is 9.78. The first-order chi connectivity index (χ1) is 11.7. The Morgan fingerprint density at radius 1 is 1.12 bits per heavy atom. The topological polar surface area (TPSA) is 35.6 Å². The summed E-state index contributed by atoms with van der Waals surface area (Å²) in [6.07, 6.45) is 4.68. The molecule has 1 N–H and O–H groups in total. The molecule has 0 saturated carbocycles. The molecule has 24 heavy (non-hydrogen) atoms. The van der Waals surface area contributed by atoms with Gasteiger partial charge in [-0.1, -0.05) is 24.3 Å². The van der Waals surface area contributed by atoms with E-state index in [2.05, 4.69) is 46.3 Å². The summed E-state index contributed by atoms with van der Waals surface area (Å²) in [6, 6.07) is 8.64. The number of hydrogen-bond acceptors (Lipinski definition) is 3. The van der Waals surface area contributed by atoms with Gasteiger partial charge in [0, 0.05) is 32.7 Å². The Morgan fingerprint density at radius 3 is 2.58 bits per heavy atom. The normalized spacial score (nSPS) is 24.8. The fraction of sp³-hybridized carbons (Fsp3) is 0.650. The molecule has 1 atom stereocenters. The van der Waals surface area contributed by atoms with E-state index in [1.807, 2.05) is 0 Å². The monoisotopic (exact) mass is 327 g/mol. The van der Waals surface area contributed by atoms with Gasteiger partial charge in [-0.3, -0.25) is 9.69 Å². The smallest absolute Gasteiger partial charge is 0.239 e. The van der Waals surface area contributed by atoms with Gasteiger partial charge in [0.2, 0.25) is 5.91 Å². The van der Waals surface area contributed by atoms with Crippen LogP contribution in [0.3, 0.4) is 0 Å². The van der Waals surface area contributed by atoms with Crippen LogP contribution in [0.5, 0.6) is 0 Å². The van der Waals surface area contributed by atoms with E-state index >= 15 is 0 Å². The van der Waals surface area contributed by atoms with Gasteiger partial charge < -0.3 is 10.2 Å². The first kappa shape index (κ1) is 16.1. The molecule has 4 heteroatoms. The zero-order valence-electron chi connectivity index (χ0n) is 14.8. The second-order valence-electron chi connectivity index (χ2n) is 7.92. The molecule has 1 unspecified atom stereocenters. The van der Waals surface area contributed by atoms with E-state index in [1.165, 1.54) is 30.4 Å². The van der Waals surface area contributed by atoms with E-state index in [4.69, 9.17) is 0 Å². The minimum atomic E-state index is -0.00545. The van der Waals surface area contributed by atoms with Gasteiger partial charge in [-0.25, -0.2) is 0 Å². The van der Waals surface area contributed by atoms with E-state index in [9.17, 15) is 4.79 Å². The van der Waals surface area contributed by atoms with Crippen molar-refractivity contribution in [3.05, 3.63) is 35.4 Å². The highest BCUT2D eigenvalue weighted by Crippen LogP contribution is 2.37. The molecule has 0 bridgehead atoms. The predicted octanol–water partition coefficient (Wildman–Crippen LogP) is 2.04. The molecular formula is C20H29N3O. The highest BCUT2D eigenvalue weighted by atomic mass is 16.2. The number of carbonyl (C=O) groups excluding carboxylic acids is 1. The summed E-state index contributed by atoms with van der Waals surface area (Å²) in [5.41, 5.74) is 3.31. The van der Waals surface area contributed by atoms with Crippen LogP contribution in [0.25, 0.3) is 0 Å². The minimum absolute atomic E-state index is 0.00545. The van der Waals surface area contributed by atoms with Crippen molar-refractivity contribution in [2.45, 2.75) is 45.2 Å². The molecule has 3 aliphatic heterocycles. The summed E-state index contributed by atoms with van der Waals surface area (Å²) in [5, 5.41) is 3.50. The van der Waals surface area contributed by atoms with Crippen molar-refractivity contribution in [1.29, 1.82) is 0 Å². The molecule has 130 valence electrons. The zero-order valence-corrected chi connectivity index (χ0v) is 14.8. The van der Waals surface area contributed by atoms with Crippen molar-refractivity contribution in [3.63, 3.8) is 0 Å². The fourth-order valence-electron chi connectivity index (χ4n) is 4.69. The van der Waals surface area contributed by atoms with Crippen LogP contribution in [0, 0.1) is 5.41 Å². The summed E-state index contributed by atoms with van der Waals surface area (Å²) in [6.45, 7) is 8.17. The number of fused-ring (bicyclic) bond motifs is 1. The molecule has 0 radical (unpaired) electrons. The van der Waals surface area contributed by atoms with Gasteiger partial charge in [-0.05, 0) is 55.7 Å². The second kappa shape index (κ2) is 6.49. The largest absolute Gasteiger partial charge is 0.341 e. The number of likely N-dealkylation sites (tertiary alicyclic amines) is 1. The molecule has 0 aromatic heterocycles. The SMILES string of the molecule is CC(C(=O)N1CCC2(CCNC2)CC1)N1CCc2ccccc2C1. The predicted molar refractivity (Wildman–Crippen MR) is 95.8 cm³/mol. The number of amides is 1. The first-order valence-corrected chi connectivity index (χ1v) is 9.47. The maximum atomic E-state index is 13.0. The summed E-state index contributed by atoms with van der Waals surface area (Å²) in [4.78, 5) is 17.5. The number of nitrogens with zero attached hydrogens (tertiary/aromatic N) is 2. The number of nitrogens with one attached hydrogen (secondary N) is 1. The Balaban J connectivity index is 1.37. The Morgan fingerprint density at radius 2 is 1.88 bits per heavy atom. The molecule has 4 rings (SSSR count). The van der Waals surface area contributed by atoms with Gasteiger partial charge in [-0.15, -0.1) is 0 Å². The number of hydrogen-bond donors (Lipinski definition) is 1. The summed E-state index contributed by atoms with van der Waals surface area (Å²) >= 11 is 0. The van der Waals surface area contributed by atoms with E-state index in [0.29, 0.717) is 11.3 Å². The van der Waals surface area contributed by atoms with E-state index < -0.39 is 0 Å². The average molecular weight is 327 g/mol. The lowest BCUT2D eigenvalue weighted by molar-refractivity contribution is -0.139. The van der Waals surface area contributed by atoms with Crippen LogP contribution in [-0.2, 0) is 17.8 Å². The number of rotatable bonds is 2. The molecular weight excluding hydrogens is 298 g/mol. The Kier molecular flexibility index (Phi) is 4.35. The van der Waals surface area contributed by atoms with Gasteiger partial charge in [0.1, 0.15) is 0 Å². The van der Waals surface area contributed by atoms with Crippen molar-refractivity contribution in [2.24, 2.45) is 5.41 Å². The third-order valence-corrected chi connectivity index (χ3v) is 6.53. The highest BCUT2D eigenvalue weighted by Gasteiger charge is 2.39. The van der Waals surface area contributed by atoms with Crippen molar-refractivity contribution >= 4 is 5.91 Å². The molecule has 1 amide bonds. The molecule has 0 aliphatic carbocycles. The highest BCUT2D eigenvalue weighted by molar-refractivity contribution is 5.81. The summed E-state index contributed by atoms with van der Waals surface area (Å²) < 4.78 is 0. The molecule has 4 nitrogen and oxygen atoms in total. The maximum Gasteiger partial charge on any atom is 0.239 e. The van der Waals surface area contributed by atoms with Crippen molar-refractivity contribution in [3.8, 4) is 0 Å². The van der Waals surface area contributed by atoms with Gasteiger partial charge in [0.25, 0.3) is 0 Å². The lowest BCUT2D eigenvalue weighted by Gasteiger charge is -2.41. The molecule has 1 aromatic carbocycles. The van der Waals surface area contributed by atoms with Crippen LogP contribution in [0.4, 0.5) is 0 Å². The van der Waals surface area contributed by atoms with Crippen LogP contribution in [0.15, 0.2) is 24.3 Å². The van der Waals surface area contributed by atoms with Crippen LogP contribution in [0.2, 0.25) is 0 Å². The van der Waals surface area contributed by atoms with Crippen LogP contribution in [0.1, 0.15) is 37.3 Å². The van der Waals surface area contributed by atoms with Crippen LogP contribution >= 0.6 is 0 Å². The molecule has 1 spiro atoms. The average Bonchev–Trinajstić information content (AvgIpc) is 3.09. The van der Waals surface area contributed by atoms with Crippen LogP contribution < -0.4 is 5.32 Å². The zero-order chi connectivity index (χ0) is 16.6. The second-order valence-corrected chi connectivity index (χ2v) is 7.92. The first-order valence-electron chi connectivity index (χ1n) is 9.47. The van der Waals surface area contributed by atoms with Crippen LogP contribution in [-0.4, -0.2) is 54.5 Å². The van der Waals surface area contributed by atoms with Gasteiger partial charge >= 0.3 is 0 Å². The van der Waals surface area contributed by atoms with E-state index in [0.717, 1.165) is 45.7 Å². The Hall–Kier alpha value is -1.39. The standard InChI is InChI=1S/C20H29N3O/c1-16(23-11-6-17-4-2-3-5-18(17)14-23)19(24)22-12-8-20(9-13-22)7-10-21-15-20/h2-5,16,21H,6-15H2,1H3. The summed E-state index contributed by atoms with van der Waals surface area (Å²) in [5.74, 6) is 0.329. The summed E-state index contributed by atoms with van der Waals surface area (Å²) in [7, 11) is 0. The maximum absolute atomic E-state index is 13.0. The van der Waals surface area contributed by atoms with Gasteiger partial charge in [0.15, 0.2) is 0 Å². The number of benzene rings is 1. The molecule has 2 saturated heterocycles. The fourth-order valence-corrected chi connectivity index (χ4v) is 4.69. The van der Waals surface area contributed by atoms with Crippen molar-refractivity contribution in [2.75, 3.05) is 32.7 Å². The Labute approximate surface area is 145 Å². The minimum Gasteiger partial charge on any atom is -0.341 e. The van der Waals surface area contributed by atoms with E-state index in [-0.39, 0.29) is 6.04 Å². The number of carbonyl (C=O) groups is 1. The quantitative estimate of drug-likeness (QED) is 0.903. The van der Waals surface area contributed by atoms with Gasteiger partial charge in [-0.2, -0.15) is 0 Å². The van der Waals surface area contributed by atoms with Crippen molar-refractivity contribution in [1.82, 2.24) is 15.1 Å². The molecule has 2 fully saturated rings. The Bertz CT molecular complexity index is 599. The molecule has 1 aromatic rings. The number of piperidine rings is 1. The lowest BCUT2D eigenvalue weighted by Crippen LogP contribution is -2.52. The van der Waals surface area contributed by atoms with Gasteiger partial charge in [0.05, 0.1) is 6.04 Å². The third kappa shape index (κ3) is 2.98.